The zero-order valence-corrected chi connectivity index (χ0v) is 14.0. The van der Waals surface area contributed by atoms with Gasteiger partial charge in [-0.25, -0.2) is 4.79 Å². The van der Waals surface area contributed by atoms with Gasteiger partial charge < -0.3 is 31.9 Å². The predicted molar refractivity (Wildman–Crippen MR) is 86.9 cm³/mol. The van der Waals surface area contributed by atoms with E-state index in [4.69, 9.17) is 11.5 Å². The average molecular weight is 344 g/mol. The highest BCUT2D eigenvalue weighted by Crippen LogP contribution is 2.19. The van der Waals surface area contributed by atoms with Crippen molar-refractivity contribution in [1.82, 2.24) is 10.2 Å². The normalized spacial score (nSPS) is 21.2. The van der Waals surface area contributed by atoms with Crippen LogP contribution in [-0.2, 0) is 14.4 Å². The lowest BCUT2D eigenvalue weighted by Gasteiger charge is -2.28. The van der Waals surface area contributed by atoms with Gasteiger partial charge in [-0.3, -0.25) is 9.59 Å². The van der Waals surface area contributed by atoms with E-state index in [1.165, 1.54) is 11.8 Å². The van der Waals surface area contributed by atoms with Gasteiger partial charge >= 0.3 is 5.97 Å². The molecule has 1 rings (SSSR count). The number of nitrogens with two attached hydrogens (primary N) is 2. The molecule has 24 heavy (non-hydrogen) atoms. The number of hydrogen-bond acceptors (Lipinski definition) is 6. The standard InChI is InChI=1S/C15H28N4O5/c1-9(20)12(17)13(21)18-10(5-2-3-7-16)14(22)19-8-4-6-11(19)15(23)24/h9-12,20H,2-8,16-17H2,1H3,(H,18,21)(H,23,24)/t9-,10+,11+,12+/m1/s1. The number of aliphatic carboxylic acids is 1. The molecule has 0 aromatic carbocycles. The van der Waals surface area contributed by atoms with Gasteiger partial charge in [-0.2, -0.15) is 0 Å². The Bertz CT molecular complexity index is 457. The monoisotopic (exact) mass is 344 g/mol. The maximum Gasteiger partial charge on any atom is 0.326 e. The fraction of sp³-hybridized carbons (Fsp3) is 0.800. The molecule has 0 spiro atoms. The van der Waals surface area contributed by atoms with Crippen LogP contribution in [0.5, 0.6) is 0 Å². The summed E-state index contributed by atoms with van der Waals surface area (Å²) in [5.41, 5.74) is 11.0. The number of nitrogens with one attached hydrogen (secondary N) is 1. The van der Waals surface area contributed by atoms with E-state index in [1.54, 1.807) is 0 Å². The Morgan fingerprint density at radius 1 is 1.33 bits per heavy atom. The summed E-state index contributed by atoms with van der Waals surface area (Å²) in [6.07, 6.45) is 1.60. The number of aliphatic hydroxyl groups is 1. The number of rotatable bonds is 9. The molecule has 0 aliphatic carbocycles. The van der Waals surface area contributed by atoms with E-state index in [0.29, 0.717) is 45.2 Å². The zero-order chi connectivity index (χ0) is 18.3. The highest BCUT2D eigenvalue weighted by atomic mass is 16.4. The van der Waals surface area contributed by atoms with Gasteiger partial charge in [-0.15, -0.1) is 0 Å². The molecular weight excluding hydrogens is 316 g/mol. The first-order valence-electron chi connectivity index (χ1n) is 8.27. The van der Waals surface area contributed by atoms with Crippen LogP contribution in [-0.4, -0.2) is 70.2 Å². The van der Waals surface area contributed by atoms with E-state index in [2.05, 4.69) is 5.32 Å². The van der Waals surface area contributed by atoms with Crippen molar-refractivity contribution in [2.75, 3.05) is 13.1 Å². The maximum atomic E-state index is 12.7. The number of unbranched alkanes of at least 4 members (excludes halogenated alkanes) is 1. The molecule has 138 valence electrons. The van der Waals surface area contributed by atoms with Crippen molar-refractivity contribution in [3.05, 3.63) is 0 Å². The number of nitrogens with zero attached hydrogens (tertiary/aromatic N) is 1. The topological polar surface area (TPSA) is 159 Å². The fourth-order valence-electron chi connectivity index (χ4n) is 2.72. The van der Waals surface area contributed by atoms with Gasteiger partial charge in [-0.05, 0) is 45.6 Å². The average Bonchev–Trinajstić information content (AvgIpc) is 3.02. The van der Waals surface area contributed by atoms with E-state index in [9.17, 15) is 24.6 Å². The zero-order valence-electron chi connectivity index (χ0n) is 14.0. The quantitative estimate of drug-likeness (QED) is 0.314. The summed E-state index contributed by atoms with van der Waals surface area (Å²) in [4.78, 5) is 37.3. The van der Waals surface area contributed by atoms with Crippen LogP contribution in [0.1, 0.15) is 39.0 Å². The predicted octanol–water partition coefficient (Wildman–Crippen LogP) is -1.62. The molecule has 0 saturated carbocycles. The molecule has 9 nitrogen and oxygen atoms in total. The third-order valence-electron chi connectivity index (χ3n) is 4.20. The molecule has 7 N–H and O–H groups in total. The Balaban J connectivity index is 2.81. The van der Waals surface area contributed by atoms with Crippen molar-refractivity contribution in [2.24, 2.45) is 11.5 Å². The summed E-state index contributed by atoms with van der Waals surface area (Å²) < 4.78 is 0. The van der Waals surface area contributed by atoms with Crippen LogP contribution in [0.15, 0.2) is 0 Å². The molecule has 0 radical (unpaired) electrons. The number of carboxylic acid groups (broad SMARTS) is 1. The second-order valence-electron chi connectivity index (χ2n) is 6.14. The van der Waals surface area contributed by atoms with Crippen molar-refractivity contribution in [3.8, 4) is 0 Å². The summed E-state index contributed by atoms with van der Waals surface area (Å²) in [5.74, 6) is -2.11. The van der Waals surface area contributed by atoms with E-state index >= 15 is 0 Å². The van der Waals surface area contributed by atoms with Crippen molar-refractivity contribution in [3.63, 3.8) is 0 Å². The number of likely N-dealkylation sites (tertiary alicyclic amines) is 1. The third-order valence-corrected chi connectivity index (χ3v) is 4.20. The Hall–Kier alpha value is -1.71. The maximum absolute atomic E-state index is 12.7. The number of aliphatic hydroxyl groups excluding tert-OH is 1. The Morgan fingerprint density at radius 2 is 2.00 bits per heavy atom. The molecule has 4 atom stereocenters. The minimum atomic E-state index is -1.15. The first-order valence-corrected chi connectivity index (χ1v) is 8.27. The smallest absolute Gasteiger partial charge is 0.326 e. The van der Waals surface area contributed by atoms with E-state index in [0.717, 1.165) is 0 Å². The number of carbonyl (C=O) groups excluding carboxylic acids is 2. The summed E-state index contributed by atoms with van der Waals surface area (Å²) in [6, 6.07) is -2.88. The number of carboxylic acids is 1. The Kier molecular flexibility index (Phi) is 8.09. The van der Waals surface area contributed by atoms with Crippen LogP contribution < -0.4 is 16.8 Å². The minimum absolute atomic E-state index is 0.344. The summed E-state index contributed by atoms with van der Waals surface area (Å²) in [6.45, 7) is 2.20. The molecule has 1 fully saturated rings. The van der Waals surface area contributed by atoms with Gasteiger partial charge in [0.1, 0.15) is 18.1 Å². The van der Waals surface area contributed by atoms with Crippen LogP contribution in [0, 0.1) is 0 Å². The van der Waals surface area contributed by atoms with E-state index in [-0.39, 0.29) is 0 Å². The van der Waals surface area contributed by atoms with Crippen LogP contribution in [0.4, 0.5) is 0 Å². The molecule has 1 aliphatic rings. The number of amides is 2. The van der Waals surface area contributed by atoms with Gasteiger partial charge in [0.2, 0.25) is 11.8 Å². The number of hydrogen-bond donors (Lipinski definition) is 5. The van der Waals surface area contributed by atoms with Crippen molar-refractivity contribution in [1.29, 1.82) is 0 Å². The molecule has 0 bridgehead atoms. The van der Waals surface area contributed by atoms with Gasteiger partial charge in [0.05, 0.1) is 6.10 Å². The SMILES string of the molecule is C[C@@H](O)[C@H](N)C(=O)N[C@@H](CCCCN)C(=O)N1CCC[C@H]1C(=O)O. The molecule has 9 heteroatoms. The lowest BCUT2D eigenvalue weighted by Crippen LogP contribution is -2.56. The van der Waals surface area contributed by atoms with Crippen LogP contribution in [0.25, 0.3) is 0 Å². The highest BCUT2D eigenvalue weighted by Gasteiger charge is 2.37. The molecule has 1 heterocycles. The van der Waals surface area contributed by atoms with Gasteiger partial charge in [0, 0.05) is 6.54 Å². The van der Waals surface area contributed by atoms with E-state index < -0.39 is 42.0 Å². The number of carbonyl (C=O) groups is 3. The molecule has 2 amide bonds. The van der Waals surface area contributed by atoms with E-state index in [1.807, 2.05) is 0 Å². The van der Waals surface area contributed by atoms with Crippen molar-refractivity contribution in [2.45, 2.75) is 63.3 Å². The molecule has 0 unspecified atom stereocenters. The van der Waals surface area contributed by atoms with Crippen LogP contribution in [0.2, 0.25) is 0 Å². The Morgan fingerprint density at radius 3 is 2.54 bits per heavy atom. The molecular formula is C15H28N4O5. The first-order chi connectivity index (χ1) is 11.3. The molecule has 0 aromatic rings. The van der Waals surface area contributed by atoms with Gasteiger partial charge in [-0.1, -0.05) is 0 Å². The second-order valence-corrected chi connectivity index (χ2v) is 6.14. The van der Waals surface area contributed by atoms with Crippen LogP contribution >= 0.6 is 0 Å². The minimum Gasteiger partial charge on any atom is -0.480 e. The van der Waals surface area contributed by atoms with Crippen molar-refractivity contribution < 1.29 is 24.6 Å². The summed E-state index contributed by atoms with van der Waals surface area (Å²) in [7, 11) is 0. The van der Waals surface area contributed by atoms with Gasteiger partial charge in [0.25, 0.3) is 0 Å². The second kappa shape index (κ2) is 9.55. The van der Waals surface area contributed by atoms with Crippen molar-refractivity contribution >= 4 is 17.8 Å². The molecule has 1 saturated heterocycles. The Labute approximate surface area is 141 Å². The molecule has 1 aliphatic heterocycles. The lowest BCUT2D eigenvalue weighted by molar-refractivity contribution is -0.149. The summed E-state index contributed by atoms with van der Waals surface area (Å²) in [5, 5.41) is 21.2. The largest absolute Gasteiger partial charge is 0.480 e. The third kappa shape index (κ3) is 5.43. The molecule has 0 aromatic heterocycles. The highest BCUT2D eigenvalue weighted by molar-refractivity contribution is 5.92. The summed E-state index contributed by atoms with van der Waals surface area (Å²) >= 11 is 0. The lowest BCUT2D eigenvalue weighted by atomic mass is 10.1. The fourth-order valence-corrected chi connectivity index (χ4v) is 2.72. The van der Waals surface area contributed by atoms with Gasteiger partial charge in [0.15, 0.2) is 0 Å². The first kappa shape index (κ1) is 20.3. The van der Waals surface area contributed by atoms with Crippen LogP contribution in [0.3, 0.4) is 0 Å².